The van der Waals surface area contributed by atoms with Crippen molar-refractivity contribution < 1.29 is 23.8 Å². The van der Waals surface area contributed by atoms with Gasteiger partial charge in [-0.15, -0.1) is 0 Å². The number of benzene rings is 2. The first kappa shape index (κ1) is 20.8. The highest BCUT2D eigenvalue weighted by Gasteiger charge is 2.26. The van der Waals surface area contributed by atoms with E-state index < -0.39 is 0 Å². The summed E-state index contributed by atoms with van der Waals surface area (Å²) in [5.41, 5.74) is 4.14. The lowest BCUT2D eigenvalue weighted by atomic mass is 10.0. The molecule has 0 unspecified atom stereocenters. The van der Waals surface area contributed by atoms with E-state index in [2.05, 4.69) is 4.98 Å². The molecule has 7 heteroatoms. The lowest BCUT2D eigenvalue weighted by molar-refractivity contribution is 0.0600. The Kier molecular flexibility index (Phi) is 5.84. The van der Waals surface area contributed by atoms with Crippen molar-refractivity contribution in [3.05, 3.63) is 58.8 Å². The molecule has 0 fully saturated rings. The van der Waals surface area contributed by atoms with Gasteiger partial charge in [-0.05, 0) is 50.2 Å². The van der Waals surface area contributed by atoms with E-state index in [0.717, 1.165) is 28.6 Å². The summed E-state index contributed by atoms with van der Waals surface area (Å²) in [7, 11) is 1.37. The molecule has 0 saturated carbocycles. The van der Waals surface area contributed by atoms with Crippen LogP contribution in [0.3, 0.4) is 0 Å². The summed E-state index contributed by atoms with van der Waals surface area (Å²) in [6.45, 7) is 5.90. The number of esters is 1. The summed E-state index contributed by atoms with van der Waals surface area (Å²) in [5, 5.41) is 0.942. The number of carbonyl (C=O) groups is 2. The number of H-pyrrole nitrogens is 1. The van der Waals surface area contributed by atoms with Crippen LogP contribution in [0.4, 0.5) is 0 Å². The number of ether oxygens (including phenoxy) is 3. The van der Waals surface area contributed by atoms with Gasteiger partial charge in [0.1, 0.15) is 0 Å². The summed E-state index contributed by atoms with van der Waals surface area (Å²) < 4.78 is 16.1. The van der Waals surface area contributed by atoms with Crippen molar-refractivity contribution in [1.29, 1.82) is 0 Å². The van der Waals surface area contributed by atoms with Gasteiger partial charge in [0.15, 0.2) is 11.5 Å². The number of hydrogen-bond donors (Lipinski definition) is 1. The van der Waals surface area contributed by atoms with Crippen LogP contribution in [-0.4, -0.2) is 48.6 Å². The molecule has 3 aromatic rings. The number of aromatic nitrogens is 1. The highest BCUT2D eigenvalue weighted by atomic mass is 16.5. The minimum absolute atomic E-state index is 0.0619. The molecule has 31 heavy (non-hydrogen) atoms. The first-order chi connectivity index (χ1) is 15.0. The molecular formula is C24H26N2O5. The summed E-state index contributed by atoms with van der Waals surface area (Å²) >= 11 is 0. The molecule has 0 spiro atoms. The normalized spacial score (nSPS) is 13.1. The molecule has 7 nitrogen and oxygen atoms in total. The summed E-state index contributed by atoms with van der Waals surface area (Å²) in [6.07, 6.45) is 0.721. The van der Waals surface area contributed by atoms with E-state index in [9.17, 15) is 9.59 Å². The van der Waals surface area contributed by atoms with Crippen molar-refractivity contribution in [3.63, 3.8) is 0 Å². The zero-order valence-corrected chi connectivity index (χ0v) is 18.0. The number of amides is 1. The second-order valence-electron chi connectivity index (χ2n) is 7.34. The average Bonchev–Trinajstić information content (AvgIpc) is 3.16. The van der Waals surface area contributed by atoms with Crippen LogP contribution in [0.2, 0.25) is 0 Å². The van der Waals surface area contributed by atoms with E-state index >= 15 is 0 Å². The lowest BCUT2D eigenvalue weighted by Gasteiger charge is -2.27. The van der Waals surface area contributed by atoms with Crippen LogP contribution in [0, 0.1) is 0 Å². The average molecular weight is 422 g/mol. The number of nitrogens with one attached hydrogen (secondary N) is 1. The summed E-state index contributed by atoms with van der Waals surface area (Å²) in [5.74, 6) is 0.767. The van der Waals surface area contributed by atoms with E-state index in [1.807, 2.05) is 30.9 Å². The Morgan fingerprint density at radius 1 is 1.00 bits per heavy atom. The van der Waals surface area contributed by atoms with Crippen LogP contribution in [-0.2, 0) is 17.7 Å². The molecule has 1 N–H and O–H groups in total. The van der Waals surface area contributed by atoms with Crippen LogP contribution in [0.15, 0.2) is 36.4 Å². The third-order valence-corrected chi connectivity index (χ3v) is 5.47. The Bertz CT molecular complexity index is 1130. The fourth-order valence-electron chi connectivity index (χ4n) is 4.00. The van der Waals surface area contributed by atoms with Gasteiger partial charge in [-0.2, -0.15) is 0 Å². The van der Waals surface area contributed by atoms with Crippen molar-refractivity contribution in [1.82, 2.24) is 9.88 Å². The summed E-state index contributed by atoms with van der Waals surface area (Å²) in [4.78, 5) is 30.5. The smallest absolute Gasteiger partial charge is 0.337 e. The van der Waals surface area contributed by atoms with Crippen LogP contribution in [0.25, 0.3) is 10.9 Å². The number of hydrogen-bond acceptors (Lipinski definition) is 5. The van der Waals surface area contributed by atoms with Gasteiger partial charge < -0.3 is 24.1 Å². The molecule has 1 aliphatic rings. The topological polar surface area (TPSA) is 80.9 Å². The van der Waals surface area contributed by atoms with Gasteiger partial charge >= 0.3 is 5.97 Å². The maximum absolute atomic E-state index is 13.3. The molecule has 0 saturated heterocycles. The van der Waals surface area contributed by atoms with Crippen LogP contribution < -0.4 is 9.47 Å². The van der Waals surface area contributed by atoms with Gasteiger partial charge in [-0.25, -0.2) is 4.79 Å². The second-order valence-corrected chi connectivity index (χ2v) is 7.34. The summed E-state index contributed by atoms with van der Waals surface area (Å²) in [6, 6.07) is 10.8. The highest BCUT2D eigenvalue weighted by molar-refractivity contribution is 5.98. The minimum atomic E-state index is -0.376. The van der Waals surface area contributed by atoms with E-state index in [-0.39, 0.29) is 11.9 Å². The number of methoxy groups -OCH3 is 1. The highest BCUT2D eigenvalue weighted by Crippen LogP contribution is 2.32. The van der Waals surface area contributed by atoms with Crippen molar-refractivity contribution in [2.24, 2.45) is 0 Å². The van der Waals surface area contributed by atoms with E-state index in [0.29, 0.717) is 48.9 Å². The predicted octanol–water partition coefficient (Wildman–Crippen LogP) is 3.95. The molecule has 162 valence electrons. The number of aromatic amines is 1. The molecule has 2 aromatic carbocycles. The van der Waals surface area contributed by atoms with E-state index in [1.54, 1.807) is 24.3 Å². The van der Waals surface area contributed by atoms with E-state index in [1.165, 1.54) is 7.11 Å². The number of fused-ring (bicyclic) bond motifs is 3. The maximum atomic E-state index is 13.3. The van der Waals surface area contributed by atoms with Gasteiger partial charge in [-0.1, -0.05) is 0 Å². The maximum Gasteiger partial charge on any atom is 0.337 e. The monoisotopic (exact) mass is 422 g/mol. The SMILES string of the molecule is CCOc1ccc(C(=O)N2CCc3[nH]c4ccc(C(=O)OC)cc4c3C2)cc1OCC. The van der Waals surface area contributed by atoms with Crippen LogP contribution in [0.5, 0.6) is 11.5 Å². The molecule has 1 aromatic heterocycles. The van der Waals surface area contributed by atoms with Crippen molar-refractivity contribution in [2.45, 2.75) is 26.8 Å². The van der Waals surface area contributed by atoms with Gasteiger partial charge in [0.05, 0.1) is 25.9 Å². The third kappa shape index (κ3) is 3.95. The number of nitrogens with zero attached hydrogens (tertiary/aromatic N) is 1. The van der Waals surface area contributed by atoms with Gasteiger partial charge in [0.25, 0.3) is 5.91 Å². The van der Waals surface area contributed by atoms with Crippen LogP contribution >= 0.6 is 0 Å². The van der Waals surface area contributed by atoms with Crippen molar-refractivity contribution in [2.75, 3.05) is 26.9 Å². The predicted molar refractivity (Wildman–Crippen MR) is 117 cm³/mol. The second kappa shape index (κ2) is 8.71. The Balaban J connectivity index is 1.63. The van der Waals surface area contributed by atoms with E-state index in [4.69, 9.17) is 14.2 Å². The zero-order chi connectivity index (χ0) is 22.0. The van der Waals surface area contributed by atoms with Crippen LogP contribution in [0.1, 0.15) is 45.8 Å². The first-order valence-electron chi connectivity index (χ1n) is 10.5. The Hall–Kier alpha value is -3.48. The van der Waals surface area contributed by atoms with Gasteiger partial charge in [0, 0.05) is 47.2 Å². The van der Waals surface area contributed by atoms with Gasteiger partial charge in [-0.3, -0.25) is 4.79 Å². The molecule has 1 aliphatic heterocycles. The standard InChI is InChI=1S/C24H26N2O5/c1-4-30-21-9-7-15(13-22(21)31-5-2)23(27)26-11-10-20-18(14-26)17-12-16(24(28)29-3)6-8-19(17)25-20/h6-9,12-13,25H,4-5,10-11,14H2,1-3H3. The Morgan fingerprint density at radius 3 is 2.48 bits per heavy atom. The fraction of sp³-hybridized carbons (Fsp3) is 0.333. The number of carbonyl (C=O) groups excluding carboxylic acids is 2. The third-order valence-electron chi connectivity index (χ3n) is 5.47. The van der Waals surface area contributed by atoms with Crippen molar-refractivity contribution in [3.8, 4) is 11.5 Å². The largest absolute Gasteiger partial charge is 0.490 e. The van der Waals surface area contributed by atoms with Crippen molar-refractivity contribution >= 4 is 22.8 Å². The lowest BCUT2D eigenvalue weighted by Crippen LogP contribution is -2.35. The molecule has 4 rings (SSSR count). The zero-order valence-electron chi connectivity index (χ0n) is 18.0. The molecule has 0 aliphatic carbocycles. The molecule has 0 radical (unpaired) electrons. The molecular weight excluding hydrogens is 396 g/mol. The molecule has 1 amide bonds. The fourth-order valence-corrected chi connectivity index (χ4v) is 4.00. The first-order valence-corrected chi connectivity index (χ1v) is 10.5. The molecule has 0 atom stereocenters. The number of rotatable bonds is 6. The Morgan fingerprint density at radius 2 is 1.74 bits per heavy atom. The van der Waals surface area contributed by atoms with Gasteiger partial charge in [0.2, 0.25) is 0 Å². The molecule has 2 heterocycles. The Labute approximate surface area is 180 Å². The quantitative estimate of drug-likeness (QED) is 0.609. The minimum Gasteiger partial charge on any atom is -0.490 e. The molecule has 0 bridgehead atoms.